The van der Waals surface area contributed by atoms with Crippen LogP contribution >= 0.6 is 0 Å². The minimum Gasteiger partial charge on any atom is -0.507 e. The van der Waals surface area contributed by atoms with Gasteiger partial charge in [0.15, 0.2) is 0 Å². The number of likely N-dealkylation sites (N-methyl/N-ethyl adjacent to an activating group) is 1. The first kappa shape index (κ1) is 21.4. The summed E-state index contributed by atoms with van der Waals surface area (Å²) in [7, 11) is 7.09. The van der Waals surface area contributed by atoms with Crippen LogP contribution in [-0.4, -0.2) is 63.1 Å². The van der Waals surface area contributed by atoms with Gasteiger partial charge >= 0.3 is 0 Å². The summed E-state index contributed by atoms with van der Waals surface area (Å²) in [4.78, 5) is 28.5. The predicted octanol–water partition coefficient (Wildman–Crippen LogP) is 1.27. The van der Waals surface area contributed by atoms with Gasteiger partial charge in [0, 0.05) is 5.56 Å². The molecular formula is C23H27N2O5+. The van der Waals surface area contributed by atoms with Crippen molar-refractivity contribution >= 4 is 17.4 Å². The van der Waals surface area contributed by atoms with E-state index in [1.54, 1.807) is 50.6 Å². The third-order valence-corrected chi connectivity index (χ3v) is 5.19. The van der Waals surface area contributed by atoms with E-state index in [0.29, 0.717) is 30.2 Å². The van der Waals surface area contributed by atoms with Crippen LogP contribution in [0, 0.1) is 0 Å². The summed E-state index contributed by atoms with van der Waals surface area (Å²) in [6.45, 7) is 1.06. The molecule has 1 aliphatic heterocycles. The van der Waals surface area contributed by atoms with Crippen molar-refractivity contribution in [3.63, 3.8) is 0 Å². The number of carbonyl (C=O) groups is 2. The quantitative estimate of drug-likeness (QED) is 0.408. The lowest BCUT2D eigenvalue weighted by molar-refractivity contribution is -0.857. The molecule has 7 heteroatoms. The topological polar surface area (TPSA) is 80.5 Å². The van der Waals surface area contributed by atoms with Gasteiger partial charge in [-0.05, 0) is 42.0 Å². The number of quaternary nitrogens is 1. The van der Waals surface area contributed by atoms with Gasteiger partial charge in [-0.2, -0.15) is 0 Å². The maximum Gasteiger partial charge on any atom is 0.295 e. The van der Waals surface area contributed by atoms with Crippen LogP contribution in [0.1, 0.15) is 17.2 Å². The van der Waals surface area contributed by atoms with Crippen molar-refractivity contribution in [2.75, 3.05) is 41.4 Å². The van der Waals surface area contributed by atoms with E-state index in [9.17, 15) is 14.7 Å². The normalized spacial score (nSPS) is 18.2. The van der Waals surface area contributed by atoms with Crippen molar-refractivity contribution in [1.29, 1.82) is 0 Å². The molecule has 0 saturated carbocycles. The molecule has 0 bridgehead atoms. The van der Waals surface area contributed by atoms with E-state index in [0.717, 1.165) is 10.5 Å². The van der Waals surface area contributed by atoms with Gasteiger partial charge in [-0.3, -0.25) is 9.59 Å². The highest BCUT2D eigenvalue weighted by Gasteiger charge is 2.46. The molecule has 158 valence electrons. The molecule has 7 nitrogen and oxygen atoms in total. The minimum absolute atomic E-state index is 0.0871. The van der Waals surface area contributed by atoms with Crippen LogP contribution in [0.25, 0.3) is 5.76 Å². The second-order valence-corrected chi connectivity index (χ2v) is 7.45. The molecule has 0 spiro atoms. The number of rotatable bonds is 7. The van der Waals surface area contributed by atoms with Crippen molar-refractivity contribution in [2.24, 2.45) is 0 Å². The fourth-order valence-corrected chi connectivity index (χ4v) is 3.49. The molecule has 2 aromatic carbocycles. The summed E-state index contributed by atoms with van der Waals surface area (Å²) in [6.07, 6.45) is 0. The first-order chi connectivity index (χ1) is 14.4. The number of Topliss-reactive ketones (excluding diaryl/α,β-unsaturated/α-hetero) is 1. The standard InChI is InChI=1S/C23H26N2O5/c1-24(2)13-14-25-20(15-5-9-17(29-3)10-6-15)19(22(27)23(25)28)21(26)16-7-11-18(30-4)12-8-16/h5-12,20,26H,13-14H2,1-4H3/p+1/t20-/m1/s1. The highest BCUT2D eigenvalue weighted by molar-refractivity contribution is 6.46. The van der Waals surface area contributed by atoms with Crippen LogP contribution in [0.2, 0.25) is 0 Å². The number of likely N-dealkylation sites (tertiary alicyclic amines) is 1. The van der Waals surface area contributed by atoms with E-state index >= 15 is 0 Å². The number of aliphatic hydroxyl groups excluding tert-OH is 1. The largest absolute Gasteiger partial charge is 0.507 e. The molecule has 1 fully saturated rings. The third-order valence-electron chi connectivity index (χ3n) is 5.19. The Morgan fingerprint density at radius 1 is 0.967 bits per heavy atom. The molecule has 1 heterocycles. The van der Waals surface area contributed by atoms with Gasteiger partial charge in [0.1, 0.15) is 17.3 Å². The highest BCUT2D eigenvalue weighted by atomic mass is 16.5. The molecular weight excluding hydrogens is 384 g/mol. The van der Waals surface area contributed by atoms with Gasteiger partial charge in [0.05, 0.1) is 53.0 Å². The Hall–Kier alpha value is -3.32. The third kappa shape index (κ3) is 4.16. The molecule has 0 unspecified atom stereocenters. The summed E-state index contributed by atoms with van der Waals surface area (Å²) in [5, 5.41) is 11.0. The van der Waals surface area contributed by atoms with Gasteiger partial charge in [0.25, 0.3) is 11.7 Å². The van der Waals surface area contributed by atoms with Gasteiger partial charge in [-0.25, -0.2) is 0 Å². The fourth-order valence-electron chi connectivity index (χ4n) is 3.49. The van der Waals surface area contributed by atoms with Crippen molar-refractivity contribution in [3.05, 3.63) is 65.2 Å². The number of nitrogens with one attached hydrogen (secondary N) is 1. The zero-order chi connectivity index (χ0) is 21.8. The summed E-state index contributed by atoms with van der Waals surface area (Å²) in [5.41, 5.74) is 1.27. The maximum absolute atomic E-state index is 12.9. The number of ether oxygens (including phenoxy) is 2. The van der Waals surface area contributed by atoms with Crippen LogP contribution in [0.15, 0.2) is 54.1 Å². The number of nitrogens with zero attached hydrogens (tertiary/aromatic N) is 1. The molecule has 1 atom stereocenters. The Bertz CT molecular complexity index is 949. The van der Waals surface area contributed by atoms with Gasteiger partial charge in [0.2, 0.25) is 0 Å². The first-order valence-corrected chi connectivity index (χ1v) is 9.73. The number of hydrogen-bond acceptors (Lipinski definition) is 5. The fraction of sp³-hybridized carbons (Fsp3) is 0.304. The smallest absolute Gasteiger partial charge is 0.295 e. The van der Waals surface area contributed by atoms with Crippen molar-refractivity contribution in [1.82, 2.24) is 4.90 Å². The monoisotopic (exact) mass is 411 g/mol. The lowest BCUT2D eigenvalue weighted by Gasteiger charge is -2.25. The Morgan fingerprint density at radius 3 is 2.00 bits per heavy atom. The molecule has 0 aliphatic carbocycles. The molecule has 30 heavy (non-hydrogen) atoms. The van der Waals surface area contributed by atoms with E-state index in [1.807, 2.05) is 26.2 Å². The Morgan fingerprint density at radius 2 is 1.50 bits per heavy atom. The highest BCUT2D eigenvalue weighted by Crippen LogP contribution is 2.39. The first-order valence-electron chi connectivity index (χ1n) is 9.73. The minimum atomic E-state index is -0.683. The number of amides is 1. The van der Waals surface area contributed by atoms with E-state index in [1.165, 1.54) is 4.90 Å². The predicted molar refractivity (Wildman–Crippen MR) is 113 cm³/mol. The Balaban J connectivity index is 2.11. The van der Waals surface area contributed by atoms with Crippen molar-refractivity contribution in [3.8, 4) is 11.5 Å². The van der Waals surface area contributed by atoms with Crippen molar-refractivity contribution < 1.29 is 29.1 Å². The number of aliphatic hydroxyl groups is 1. The van der Waals surface area contributed by atoms with Gasteiger partial charge < -0.3 is 24.4 Å². The zero-order valence-electron chi connectivity index (χ0n) is 17.6. The molecule has 1 saturated heterocycles. The average Bonchev–Trinajstić information content (AvgIpc) is 3.02. The summed E-state index contributed by atoms with van der Waals surface area (Å²) in [5.74, 6) is -0.183. The number of methoxy groups -OCH3 is 2. The molecule has 0 aromatic heterocycles. The van der Waals surface area contributed by atoms with Crippen LogP contribution < -0.4 is 14.4 Å². The van der Waals surface area contributed by atoms with Crippen LogP contribution in [0.3, 0.4) is 0 Å². The SMILES string of the molecule is COc1ccc(C(O)=C2C(=O)C(=O)N(CC[NH+](C)C)[C@@H]2c2ccc(OC)cc2)cc1. The van der Waals surface area contributed by atoms with E-state index in [4.69, 9.17) is 9.47 Å². The molecule has 1 amide bonds. The zero-order valence-corrected chi connectivity index (χ0v) is 17.6. The second-order valence-electron chi connectivity index (χ2n) is 7.45. The summed E-state index contributed by atoms with van der Waals surface area (Å²) >= 11 is 0. The lowest BCUT2D eigenvalue weighted by Crippen LogP contribution is -3.06. The van der Waals surface area contributed by atoms with E-state index < -0.39 is 17.7 Å². The molecule has 1 aliphatic rings. The molecule has 2 aromatic rings. The Kier molecular flexibility index (Phi) is 6.42. The number of hydrogen-bond donors (Lipinski definition) is 2. The van der Waals surface area contributed by atoms with Gasteiger partial charge in [-0.1, -0.05) is 12.1 Å². The average molecular weight is 411 g/mol. The van der Waals surface area contributed by atoms with Crippen molar-refractivity contribution in [2.45, 2.75) is 6.04 Å². The molecule has 2 N–H and O–H groups in total. The summed E-state index contributed by atoms with van der Waals surface area (Å²) in [6, 6.07) is 13.2. The van der Waals surface area contributed by atoms with Crippen LogP contribution in [0.5, 0.6) is 11.5 Å². The van der Waals surface area contributed by atoms with E-state index in [-0.39, 0.29) is 11.3 Å². The van der Waals surface area contributed by atoms with E-state index in [2.05, 4.69) is 0 Å². The second kappa shape index (κ2) is 9.00. The van der Waals surface area contributed by atoms with Crippen LogP contribution in [0.4, 0.5) is 0 Å². The summed E-state index contributed by atoms with van der Waals surface area (Å²) < 4.78 is 10.4. The lowest BCUT2D eigenvalue weighted by atomic mass is 9.95. The van der Waals surface area contributed by atoms with Crippen LogP contribution in [-0.2, 0) is 9.59 Å². The number of benzene rings is 2. The van der Waals surface area contributed by atoms with Gasteiger partial charge in [-0.15, -0.1) is 0 Å². The Labute approximate surface area is 176 Å². The molecule has 3 rings (SSSR count). The maximum atomic E-state index is 12.9. The molecule has 0 radical (unpaired) electrons. The number of carbonyl (C=O) groups excluding carboxylic acids is 2. The number of ketones is 1.